The average molecular weight is 373 g/mol. The maximum absolute atomic E-state index is 12.2. The molecule has 0 aliphatic rings. The summed E-state index contributed by atoms with van der Waals surface area (Å²) in [5.41, 5.74) is 2.86. The normalized spacial score (nSPS) is 10.1. The quantitative estimate of drug-likeness (QED) is 0.744. The van der Waals surface area contributed by atoms with Gasteiger partial charge in [-0.05, 0) is 24.1 Å². The van der Waals surface area contributed by atoms with Gasteiger partial charge in [-0.25, -0.2) is 4.79 Å². The Morgan fingerprint density at radius 1 is 0.963 bits per heavy atom. The molecule has 2 rings (SSSR count). The van der Waals surface area contributed by atoms with Gasteiger partial charge < -0.3 is 29.7 Å². The zero-order valence-electron chi connectivity index (χ0n) is 16.5. The Bertz CT molecular complexity index is 735. The van der Waals surface area contributed by atoms with Crippen LogP contribution in [0.15, 0.2) is 36.4 Å². The Hall–Kier alpha value is -3.09. The van der Waals surface area contributed by atoms with Crippen LogP contribution in [0, 0.1) is 0 Å². The van der Waals surface area contributed by atoms with E-state index in [1.165, 1.54) is 21.3 Å². The predicted molar refractivity (Wildman–Crippen MR) is 108 cm³/mol. The van der Waals surface area contributed by atoms with Crippen LogP contribution in [-0.2, 0) is 6.42 Å². The van der Waals surface area contributed by atoms with E-state index < -0.39 is 0 Å². The van der Waals surface area contributed by atoms with E-state index in [1.54, 1.807) is 12.1 Å². The van der Waals surface area contributed by atoms with E-state index in [4.69, 9.17) is 14.2 Å². The summed E-state index contributed by atoms with van der Waals surface area (Å²) in [7, 11) is 8.60. The highest BCUT2D eigenvalue weighted by Crippen LogP contribution is 2.39. The minimum absolute atomic E-state index is 0.297. The minimum atomic E-state index is -0.297. The number of rotatable bonds is 8. The lowest BCUT2D eigenvalue weighted by molar-refractivity contribution is 0.252. The number of hydrogen-bond acceptors (Lipinski definition) is 5. The van der Waals surface area contributed by atoms with Gasteiger partial charge in [-0.15, -0.1) is 0 Å². The van der Waals surface area contributed by atoms with E-state index in [1.807, 2.05) is 19.0 Å². The molecule has 2 N–H and O–H groups in total. The molecule has 7 heteroatoms. The summed E-state index contributed by atoms with van der Waals surface area (Å²) in [5.74, 6) is 1.44. The van der Waals surface area contributed by atoms with Crippen molar-refractivity contribution in [3.05, 3.63) is 42.0 Å². The second kappa shape index (κ2) is 9.56. The number of urea groups is 1. The summed E-state index contributed by atoms with van der Waals surface area (Å²) < 4.78 is 15.8. The van der Waals surface area contributed by atoms with Crippen molar-refractivity contribution in [1.29, 1.82) is 0 Å². The third kappa shape index (κ3) is 5.44. The van der Waals surface area contributed by atoms with Crippen LogP contribution in [0.2, 0.25) is 0 Å². The number of carbonyl (C=O) groups excluding carboxylic acids is 1. The van der Waals surface area contributed by atoms with Gasteiger partial charge in [0.2, 0.25) is 5.75 Å². The summed E-state index contributed by atoms with van der Waals surface area (Å²) in [4.78, 5) is 14.2. The molecule has 2 aromatic carbocycles. The van der Waals surface area contributed by atoms with Crippen molar-refractivity contribution in [3.8, 4) is 17.2 Å². The molecule has 0 spiro atoms. The van der Waals surface area contributed by atoms with Crippen LogP contribution in [0.1, 0.15) is 5.56 Å². The van der Waals surface area contributed by atoms with E-state index in [-0.39, 0.29) is 6.03 Å². The molecule has 146 valence electrons. The maximum atomic E-state index is 12.2. The van der Waals surface area contributed by atoms with Crippen LogP contribution in [0.4, 0.5) is 16.2 Å². The SMILES string of the molecule is COc1cc(NC(=O)NCCc2ccc(N(C)C)cc2)cc(OC)c1OC. The molecule has 0 saturated carbocycles. The number of anilines is 2. The van der Waals surface area contributed by atoms with Crippen molar-refractivity contribution in [3.63, 3.8) is 0 Å². The van der Waals surface area contributed by atoms with Gasteiger partial charge in [-0.3, -0.25) is 0 Å². The van der Waals surface area contributed by atoms with Gasteiger partial charge in [0.1, 0.15) is 0 Å². The Balaban J connectivity index is 1.92. The van der Waals surface area contributed by atoms with E-state index in [2.05, 4.69) is 34.9 Å². The number of nitrogens with one attached hydrogen (secondary N) is 2. The number of amides is 2. The molecule has 27 heavy (non-hydrogen) atoms. The van der Waals surface area contributed by atoms with Crippen molar-refractivity contribution in [2.75, 3.05) is 52.2 Å². The molecular weight excluding hydrogens is 346 g/mol. The van der Waals surface area contributed by atoms with E-state index in [9.17, 15) is 4.79 Å². The zero-order chi connectivity index (χ0) is 19.8. The molecule has 0 atom stereocenters. The molecule has 0 fully saturated rings. The summed E-state index contributed by atoms with van der Waals surface area (Å²) in [5, 5.41) is 5.63. The lowest BCUT2D eigenvalue weighted by Crippen LogP contribution is -2.30. The third-order valence-corrected chi connectivity index (χ3v) is 4.07. The maximum Gasteiger partial charge on any atom is 0.319 e. The first kappa shape index (κ1) is 20.2. The molecule has 0 aliphatic heterocycles. The number of methoxy groups -OCH3 is 3. The van der Waals surface area contributed by atoms with Crippen molar-refractivity contribution in [2.24, 2.45) is 0 Å². The smallest absolute Gasteiger partial charge is 0.319 e. The lowest BCUT2D eigenvalue weighted by Gasteiger charge is -2.15. The summed E-state index contributed by atoms with van der Waals surface area (Å²) in [6.07, 6.45) is 0.746. The highest BCUT2D eigenvalue weighted by Gasteiger charge is 2.14. The summed E-state index contributed by atoms with van der Waals surface area (Å²) in [6.45, 7) is 0.525. The van der Waals surface area contributed by atoms with Gasteiger partial charge in [0.05, 0.1) is 27.0 Å². The molecule has 0 aromatic heterocycles. The van der Waals surface area contributed by atoms with Crippen molar-refractivity contribution in [2.45, 2.75) is 6.42 Å². The average Bonchev–Trinajstić information content (AvgIpc) is 2.67. The van der Waals surface area contributed by atoms with Gasteiger partial charge in [0.25, 0.3) is 0 Å². The number of hydrogen-bond donors (Lipinski definition) is 2. The number of ether oxygens (including phenoxy) is 3. The molecule has 7 nitrogen and oxygen atoms in total. The molecular formula is C20H27N3O4. The first-order valence-corrected chi connectivity index (χ1v) is 8.59. The van der Waals surface area contributed by atoms with Crippen LogP contribution in [0.25, 0.3) is 0 Å². The fourth-order valence-corrected chi connectivity index (χ4v) is 2.61. The number of nitrogens with zero attached hydrogens (tertiary/aromatic N) is 1. The Kier molecular flexibility index (Phi) is 7.16. The lowest BCUT2D eigenvalue weighted by atomic mass is 10.1. The fourth-order valence-electron chi connectivity index (χ4n) is 2.61. The van der Waals surface area contributed by atoms with Gasteiger partial charge >= 0.3 is 6.03 Å². The Labute approximate surface area is 160 Å². The van der Waals surface area contributed by atoms with Gasteiger partial charge in [-0.1, -0.05) is 12.1 Å². The summed E-state index contributed by atoms with van der Waals surface area (Å²) in [6, 6.07) is 11.3. The first-order valence-electron chi connectivity index (χ1n) is 8.59. The molecule has 0 aliphatic carbocycles. The van der Waals surface area contributed by atoms with Crippen LogP contribution in [0.3, 0.4) is 0 Å². The summed E-state index contributed by atoms with van der Waals surface area (Å²) >= 11 is 0. The largest absolute Gasteiger partial charge is 0.493 e. The Morgan fingerprint density at radius 2 is 1.56 bits per heavy atom. The standard InChI is InChI=1S/C20H27N3O4/c1-23(2)16-8-6-14(7-9-16)10-11-21-20(24)22-15-12-17(25-3)19(27-5)18(13-15)26-4/h6-9,12-13H,10-11H2,1-5H3,(H2,21,22,24). The topological polar surface area (TPSA) is 72.1 Å². The molecule has 0 unspecified atom stereocenters. The highest BCUT2D eigenvalue weighted by molar-refractivity contribution is 5.90. The molecule has 0 saturated heterocycles. The third-order valence-electron chi connectivity index (χ3n) is 4.07. The van der Waals surface area contributed by atoms with E-state index in [0.717, 1.165) is 17.7 Å². The highest BCUT2D eigenvalue weighted by atomic mass is 16.5. The molecule has 0 bridgehead atoms. The zero-order valence-corrected chi connectivity index (χ0v) is 16.5. The fraction of sp³-hybridized carbons (Fsp3) is 0.350. The second-order valence-electron chi connectivity index (χ2n) is 6.11. The number of benzene rings is 2. The molecule has 0 heterocycles. The van der Waals surface area contributed by atoms with Gasteiger partial charge in [0.15, 0.2) is 11.5 Å². The molecule has 0 radical (unpaired) electrons. The number of carbonyl (C=O) groups is 1. The Morgan fingerprint density at radius 3 is 2.04 bits per heavy atom. The monoisotopic (exact) mass is 373 g/mol. The van der Waals surface area contributed by atoms with Crippen LogP contribution < -0.4 is 29.7 Å². The van der Waals surface area contributed by atoms with Crippen molar-refractivity contribution in [1.82, 2.24) is 5.32 Å². The van der Waals surface area contributed by atoms with Crippen molar-refractivity contribution < 1.29 is 19.0 Å². The van der Waals surface area contributed by atoms with E-state index in [0.29, 0.717) is 29.5 Å². The predicted octanol–water partition coefficient (Wildman–Crippen LogP) is 3.14. The van der Waals surface area contributed by atoms with Crippen LogP contribution >= 0.6 is 0 Å². The van der Waals surface area contributed by atoms with Gasteiger partial charge in [-0.2, -0.15) is 0 Å². The van der Waals surface area contributed by atoms with Crippen molar-refractivity contribution >= 4 is 17.4 Å². The molecule has 2 aromatic rings. The van der Waals surface area contributed by atoms with Gasteiger partial charge in [0, 0.05) is 38.5 Å². The van der Waals surface area contributed by atoms with Crippen LogP contribution in [-0.4, -0.2) is 48.0 Å². The minimum Gasteiger partial charge on any atom is -0.493 e. The first-order chi connectivity index (χ1) is 13.0. The van der Waals surface area contributed by atoms with E-state index >= 15 is 0 Å². The van der Waals surface area contributed by atoms with Crippen LogP contribution in [0.5, 0.6) is 17.2 Å². The molecule has 2 amide bonds. The second-order valence-corrected chi connectivity index (χ2v) is 6.11.